The van der Waals surface area contributed by atoms with Gasteiger partial charge in [-0.3, -0.25) is 9.59 Å². The van der Waals surface area contributed by atoms with Crippen LogP contribution in [0.3, 0.4) is 0 Å². The average molecular weight is 346 g/mol. The molecule has 126 valence electrons. The molecule has 1 fully saturated rings. The topological polar surface area (TPSA) is 94.6 Å². The maximum atomic E-state index is 12.1. The molecule has 1 aromatic carbocycles. The molecule has 3 rings (SSSR count). The minimum Gasteiger partial charge on any atom is -0.508 e. The number of thiazole rings is 1. The van der Waals surface area contributed by atoms with Crippen LogP contribution >= 0.6 is 11.3 Å². The SMILES string of the molecule is O=C(NCC(=O)N1CCNCC1)c1csc(-c2ccc(O)cc2)n1. The zero-order valence-electron chi connectivity index (χ0n) is 13.0. The van der Waals surface area contributed by atoms with Gasteiger partial charge in [-0.15, -0.1) is 11.3 Å². The van der Waals surface area contributed by atoms with Crippen molar-refractivity contribution in [1.82, 2.24) is 20.5 Å². The molecule has 2 aromatic rings. The van der Waals surface area contributed by atoms with Crippen molar-refractivity contribution >= 4 is 23.2 Å². The highest BCUT2D eigenvalue weighted by Crippen LogP contribution is 2.25. The van der Waals surface area contributed by atoms with E-state index in [1.54, 1.807) is 34.5 Å². The van der Waals surface area contributed by atoms with Crippen molar-refractivity contribution in [3.8, 4) is 16.3 Å². The molecule has 0 saturated carbocycles. The number of nitrogens with one attached hydrogen (secondary N) is 2. The normalized spacial score (nSPS) is 14.4. The van der Waals surface area contributed by atoms with Crippen LogP contribution in [0, 0.1) is 0 Å². The van der Waals surface area contributed by atoms with E-state index < -0.39 is 0 Å². The number of amides is 2. The zero-order valence-corrected chi connectivity index (χ0v) is 13.8. The number of nitrogens with zero attached hydrogens (tertiary/aromatic N) is 2. The van der Waals surface area contributed by atoms with E-state index in [-0.39, 0.29) is 29.8 Å². The first kappa shape index (κ1) is 16.4. The highest BCUT2D eigenvalue weighted by molar-refractivity contribution is 7.13. The Balaban J connectivity index is 1.57. The van der Waals surface area contributed by atoms with Crippen molar-refractivity contribution < 1.29 is 14.7 Å². The number of aromatic nitrogens is 1. The highest BCUT2D eigenvalue weighted by atomic mass is 32.1. The van der Waals surface area contributed by atoms with Crippen LogP contribution in [0.1, 0.15) is 10.5 Å². The molecule has 7 nitrogen and oxygen atoms in total. The van der Waals surface area contributed by atoms with Gasteiger partial charge in [0.2, 0.25) is 5.91 Å². The van der Waals surface area contributed by atoms with Crippen LogP contribution in [0.4, 0.5) is 0 Å². The number of phenolic OH excluding ortho intramolecular Hbond substituents is 1. The van der Waals surface area contributed by atoms with Crippen molar-refractivity contribution in [3.63, 3.8) is 0 Å². The monoisotopic (exact) mass is 346 g/mol. The number of carbonyl (C=O) groups is 2. The lowest BCUT2D eigenvalue weighted by Gasteiger charge is -2.27. The maximum Gasteiger partial charge on any atom is 0.271 e. The second-order valence-corrected chi connectivity index (χ2v) is 6.26. The minimum absolute atomic E-state index is 0.0229. The van der Waals surface area contributed by atoms with Gasteiger partial charge in [0.15, 0.2) is 0 Å². The number of phenols is 1. The van der Waals surface area contributed by atoms with Gasteiger partial charge >= 0.3 is 0 Å². The van der Waals surface area contributed by atoms with Gasteiger partial charge in [0.05, 0.1) is 6.54 Å². The summed E-state index contributed by atoms with van der Waals surface area (Å²) in [4.78, 5) is 30.2. The van der Waals surface area contributed by atoms with Crippen LogP contribution in [0.2, 0.25) is 0 Å². The Morgan fingerprint density at radius 1 is 1.25 bits per heavy atom. The summed E-state index contributed by atoms with van der Waals surface area (Å²) in [6, 6.07) is 6.62. The molecule has 1 saturated heterocycles. The number of hydrogen-bond acceptors (Lipinski definition) is 6. The lowest BCUT2D eigenvalue weighted by atomic mass is 10.2. The van der Waals surface area contributed by atoms with E-state index in [1.807, 2.05) is 0 Å². The maximum absolute atomic E-state index is 12.1. The molecule has 24 heavy (non-hydrogen) atoms. The van der Waals surface area contributed by atoms with Crippen LogP contribution in [0.25, 0.3) is 10.6 Å². The molecule has 0 bridgehead atoms. The quantitative estimate of drug-likeness (QED) is 0.757. The molecule has 0 spiro atoms. The molecule has 0 aliphatic carbocycles. The molecule has 0 unspecified atom stereocenters. The van der Waals surface area contributed by atoms with Gasteiger partial charge in [0, 0.05) is 37.1 Å². The number of rotatable bonds is 4. The first-order chi connectivity index (χ1) is 11.6. The van der Waals surface area contributed by atoms with Crippen molar-refractivity contribution in [3.05, 3.63) is 35.3 Å². The molecular weight excluding hydrogens is 328 g/mol. The fourth-order valence-electron chi connectivity index (χ4n) is 2.39. The summed E-state index contributed by atoms with van der Waals surface area (Å²) >= 11 is 1.34. The number of piperazine rings is 1. The summed E-state index contributed by atoms with van der Waals surface area (Å²) in [7, 11) is 0. The van der Waals surface area contributed by atoms with Crippen molar-refractivity contribution in [1.29, 1.82) is 0 Å². The largest absolute Gasteiger partial charge is 0.508 e. The van der Waals surface area contributed by atoms with E-state index >= 15 is 0 Å². The van der Waals surface area contributed by atoms with Gasteiger partial charge in [-0.2, -0.15) is 0 Å². The number of benzene rings is 1. The van der Waals surface area contributed by atoms with Gasteiger partial charge in [-0.05, 0) is 24.3 Å². The summed E-state index contributed by atoms with van der Waals surface area (Å²) in [5.74, 6) is -0.265. The summed E-state index contributed by atoms with van der Waals surface area (Å²) in [6.45, 7) is 2.86. The Morgan fingerprint density at radius 2 is 1.96 bits per heavy atom. The lowest BCUT2D eigenvalue weighted by molar-refractivity contribution is -0.130. The molecule has 0 atom stereocenters. The summed E-state index contributed by atoms with van der Waals surface area (Å²) in [5, 5.41) is 17.5. The zero-order chi connectivity index (χ0) is 16.9. The number of aromatic hydroxyl groups is 1. The molecule has 0 radical (unpaired) electrons. The first-order valence-corrected chi connectivity index (χ1v) is 8.53. The third kappa shape index (κ3) is 3.90. The molecular formula is C16H18N4O3S. The fourth-order valence-corrected chi connectivity index (χ4v) is 3.19. The Hall–Kier alpha value is -2.45. The van der Waals surface area contributed by atoms with Crippen LogP contribution in [-0.4, -0.2) is 59.5 Å². The average Bonchev–Trinajstić information content (AvgIpc) is 3.11. The predicted octanol–water partition coefficient (Wildman–Crippen LogP) is 0.677. The smallest absolute Gasteiger partial charge is 0.271 e. The molecule has 1 aromatic heterocycles. The molecule has 1 aliphatic rings. The Morgan fingerprint density at radius 3 is 2.67 bits per heavy atom. The molecule has 8 heteroatoms. The highest BCUT2D eigenvalue weighted by Gasteiger charge is 2.18. The fraction of sp³-hybridized carbons (Fsp3) is 0.312. The lowest BCUT2D eigenvalue weighted by Crippen LogP contribution is -2.49. The second-order valence-electron chi connectivity index (χ2n) is 5.40. The Labute approximate surface area is 143 Å². The van der Waals surface area contributed by atoms with Crippen LogP contribution in [0.5, 0.6) is 5.75 Å². The van der Waals surface area contributed by atoms with Gasteiger partial charge < -0.3 is 20.6 Å². The molecule has 3 N–H and O–H groups in total. The molecule has 2 heterocycles. The van der Waals surface area contributed by atoms with Crippen LogP contribution in [0.15, 0.2) is 29.6 Å². The number of carbonyl (C=O) groups excluding carboxylic acids is 2. The van der Waals surface area contributed by atoms with E-state index in [0.717, 1.165) is 18.7 Å². The van der Waals surface area contributed by atoms with E-state index in [2.05, 4.69) is 15.6 Å². The molecule has 1 aliphatic heterocycles. The van der Waals surface area contributed by atoms with Crippen LogP contribution < -0.4 is 10.6 Å². The van der Waals surface area contributed by atoms with Crippen LogP contribution in [-0.2, 0) is 4.79 Å². The van der Waals surface area contributed by atoms with Gasteiger partial charge in [-0.1, -0.05) is 0 Å². The van der Waals surface area contributed by atoms with E-state index in [1.165, 1.54) is 11.3 Å². The van der Waals surface area contributed by atoms with Crippen molar-refractivity contribution in [2.75, 3.05) is 32.7 Å². The van der Waals surface area contributed by atoms with Gasteiger partial charge in [-0.25, -0.2) is 4.98 Å². The summed E-state index contributed by atoms with van der Waals surface area (Å²) < 4.78 is 0. The summed E-state index contributed by atoms with van der Waals surface area (Å²) in [5.41, 5.74) is 1.12. The van der Waals surface area contributed by atoms with E-state index in [0.29, 0.717) is 18.1 Å². The number of hydrogen-bond donors (Lipinski definition) is 3. The Bertz CT molecular complexity index is 723. The standard InChI is InChI=1S/C16H18N4O3S/c21-12-3-1-11(2-4-12)16-19-13(10-24-16)15(23)18-9-14(22)20-7-5-17-6-8-20/h1-4,10,17,21H,5-9H2,(H,18,23). The summed E-state index contributed by atoms with van der Waals surface area (Å²) in [6.07, 6.45) is 0. The van der Waals surface area contributed by atoms with E-state index in [4.69, 9.17) is 0 Å². The third-order valence-electron chi connectivity index (χ3n) is 3.72. The van der Waals surface area contributed by atoms with Gasteiger partial charge in [0.1, 0.15) is 16.5 Å². The molecule has 2 amide bonds. The minimum atomic E-state index is -0.361. The predicted molar refractivity (Wildman–Crippen MR) is 91.0 cm³/mol. The van der Waals surface area contributed by atoms with Crippen molar-refractivity contribution in [2.24, 2.45) is 0 Å². The van der Waals surface area contributed by atoms with E-state index in [9.17, 15) is 14.7 Å². The van der Waals surface area contributed by atoms with Gasteiger partial charge in [0.25, 0.3) is 5.91 Å². The first-order valence-electron chi connectivity index (χ1n) is 7.65. The van der Waals surface area contributed by atoms with Crippen molar-refractivity contribution in [2.45, 2.75) is 0 Å². The Kier molecular flexibility index (Phi) is 5.07. The third-order valence-corrected chi connectivity index (χ3v) is 4.61. The second kappa shape index (κ2) is 7.41.